The van der Waals surface area contributed by atoms with E-state index >= 15 is 0 Å². The number of aromatic nitrogens is 2. The molecular formula is C20H23N3O5. The third kappa shape index (κ3) is 4.21. The highest BCUT2D eigenvalue weighted by Crippen LogP contribution is 2.30. The lowest BCUT2D eigenvalue weighted by Crippen LogP contribution is -2.25. The lowest BCUT2D eigenvalue weighted by atomic mass is 10.1. The molecule has 3 heterocycles. The highest BCUT2D eigenvalue weighted by molar-refractivity contribution is 6.07. The number of aryl methyl sites for hydroxylation is 3. The zero-order valence-electron chi connectivity index (χ0n) is 16.2. The molecule has 0 fully saturated rings. The predicted molar refractivity (Wildman–Crippen MR) is 102 cm³/mol. The summed E-state index contributed by atoms with van der Waals surface area (Å²) in [5.41, 5.74) is 2.74. The van der Waals surface area contributed by atoms with E-state index in [2.05, 4.69) is 15.5 Å². The first-order chi connectivity index (χ1) is 13.4. The fraction of sp³-hybridized carbons (Fsp3) is 0.400. The van der Waals surface area contributed by atoms with Crippen LogP contribution in [-0.2, 0) is 4.79 Å². The van der Waals surface area contributed by atoms with E-state index in [9.17, 15) is 9.59 Å². The largest absolute Gasteiger partial charge is 0.481 e. The van der Waals surface area contributed by atoms with Crippen LogP contribution >= 0.6 is 0 Å². The van der Waals surface area contributed by atoms with Crippen molar-refractivity contribution in [2.75, 3.05) is 6.54 Å². The fourth-order valence-corrected chi connectivity index (χ4v) is 3.17. The molecule has 28 heavy (non-hydrogen) atoms. The van der Waals surface area contributed by atoms with Gasteiger partial charge in [-0.2, -0.15) is 0 Å². The van der Waals surface area contributed by atoms with Crippen molar-refractivity contribution in [1.29, 1.82) is 0 Å². The number of aliphatic carboxylic acids is 1. The lowest BCUT2D eigenvalue weighted by molar-refractivity contribution is -0.137. The molecule has 3 rings (SSSR count). The molecule has 3 aromatic rings. The van der Waals surface area contributed by atoms with Crippen molar-refractivity contribution in [3.63, 3.8) is 0 Å². The van der Waals surface area contributed by atoms with Crippen LogP contribution in [0.15, 0.2) is 21.1 Å². The number of rotatable bonds is 8. The molecule has 0 saturated carbocycles. The molecule has 0 aliphatic heterocycles. The van der Waals surface area contributed by atoms with E-state index in [1.54, 1.807) is 13.0 Å². The minimum Gasteiger partial charge on any atom is -0.481 e. The summed E-state index contributed by atoms with van der Waals surface area (Å²) in [6.45, 7) is 5.93. The van der Waals surface area contributed by atoms with E-state index in [0.29, 0.717) is 53.2 Å². The maximum atomic E-state index is 12.8. The quantitative estimate of drug-likeness (QED) is 0.566. The zero-order valence-corrected chi connectivity index (χ0v) is 16.2. The van der Waals surface area contributed by atoms with Gasteiger partial charge in [-0.25, -0.2) is 4.98 Å². The van der Waals surface area contributed by atoms with E-state index in [1.807, 2.05) is 19.9 Å². The molecule has 2 N–H and O–H groups in total. The van der Waals surface area contributed by atoms with Gasteiger partial charge >= 0.3 is 5.97 Å². The number of furan rings is 1. The number of nitrogens with zero attached hydrogens (tertiary/aromatic N) is 2. The van der Waals surface area contributed by atoms with Crippen LogP contribution in [0.1, 0.15) is 53.3 Å². The predicted octanol–water partition coefficient (Wildman–Crippen LogP) is 3.78. The van der Waals surface area contributed by atoms with E-state index in [0.717, 1.165) is 17.7 Å². The number of carbonyl (C=O) groups is 2. The third-order valence-corrected chi connectivity index (χ3v) is 4.53. The molecule has 0 radical (unpaired) electrons. The third-order valence-electron chi connectivity index (χ3n) is 4.53. The highest BCUT2D eigenvalue weighted by atomic mass is 16.5. The molecule has 0 aliphatic carbocycles. The Hall–Kier alpha value is -3.16. The lowest BCUT2D eigenvalue weighted by Gasteiger charge is -2.08. The number of carboxylic acids is 1. The van der Waals surface area contributed by atoms with Crippen LogP contribution in [0.4, 0.5) is 0 Å². The molecular weight excluding hydrogens is 362 g/mol. The van der Waals surface area contributed by atoms with Gasteiger partial charge < -0.3 is 19.4 Å². The van der Waals surface area contributed by atoms with Gasteiger partial charge in [-0.05, 0) is 45.7 Å². The van der Waals surface area contributed by atoms with Gasteiger partial charge in [-0.3, -0.25) is 9.59 Å². The molecule has 0 atom stereocenters. The first-order valence-corrected chi connectivity index (χ1v) is 9.21. The van der Waals surface area contributed by atoms with Gasteiger partial charge in [0.25, 0.3) is 11.6 Å². The number of amides is 1. The summed E-state index contributed by atoms with van der Waals surface area (Å²) in [6, 6.07) is 3.60. The van der Waals surface area contributed by atoms with Crippen LogP contribution in [0.2, 0.25) is 0 Å². The Morgan fingerprint density at radius 2 is 1.93 bits per heavy atom. The molecule has 0 aromatic carbocycles. The number of carboxylic acid groups (broad SMARTS) is 1. The van der Waals surface area contributed by atoms with Crippen LogP contribution in [-0.4, -0.2) is 33.7 Å². The SMILES string of the molecule is Cc1cc(-c2cc(C(=O)NCCCCCC(=O)O)c3c(C)noc3n2)c(C)o1. The minimum atomic E-state index is -0.802. The van der Waals surface area contributed by atoms with Crippen LogP contribution in [0.3, 0.4) is 0 Å². The summed E-state index contributed by atoms with van der Waals surface area (Å²) in [5.74, 6) is 0.431. The van der Waals surface area contributed by atoms with Gasteiger partial charge in [-0.1, -0.05) is 11.6 Å². The summed E-state index contributed by atoms with van der Waals surface area (Å²) in [6.07, 6.45) is 2.19. The highest BCUT2D eigenvalue weighted by Gasteiger charge is 2.20. The fourth-order valence-electron chi connectivity index (χ4n) is 3.17. The van der Waals surface area contributed by atoms with E-state index in [1.165, 1.54) is 0 Å². The number of nitrogens with one attached hydrogen (secondary N) is 1. The van der Waals surface area contributed by atoms with Crippen molar-refractivity contribution < 1.29 is 23.6 Å². The molecule has 8 heteroatoms. The molecule has 0 bridgehead atoms. The Balaban J connectivity index is 1.81. The van der Waals surface area contributed by atoms with E-state index < -0.39 is 5.97 Å². The summed E-state index contributed by atoms with van der Waals surface area (Å²) < 4.78 is 10.9. The first kappa shape index (κ1) is 19.6. The second kappa shape index (κ2) is 8.24. The standard InChI is InChI=1S/C20H23N3O5/c1-11-9-14(13(3)27-11)16-10-15(18-12(2)23-28-20(18)22-16)19(26)21-8-6-4-5-7-17(24)25/h9-10H,4-8H2,1-3H3,(H,21,26)(H,24,25). The van der Waals surface area contributed by atoms with Gasteiger partial charge in [0.15, 0.2) is 0 Å². The van der Waals surface area contributed by atoms with Crippen LogP contribution < -0.4 is 5.32 Å². The Bertz CT molecular complexity index is 1020. The normalized spacial score (nSPS) is 11.1. The monoisotopic (exact) mass is 385 g/mol. The molecule has 0 aliphatic rings. The molecule has 0 unspecified atom stereocenters. The van der Waals surface area contributed by atoms with Crippen molar-refractivity contribution in [2.24, 2.45) is 0 Å². The first-order valence-electron chi connectivity index (χ1n) is 9.21. The molecule has 0 saturated heterocycles. The number of carbonyl (C=O) groups excluding carboxylic acids is 1. The van der Waals surface area contributed by atoms with Gasteiger partial charge in [0.05, 0.1) is 22.3 Å². The van der Waals surface area contributed by atoms with Crippen LogP contribution in [0.5, 0.6) is 0 Å². The topological polar surface area (TPSA) is 118 Å². The summed E-state index contributed by atoms with van der Waals surface area (Å²) in [4.78, 5) is 27.8. The van der Waals surface area contributed by atoms with Crippen LogP contribution in [0, 0.1) is 20.8 Å². The number of hydrogen-bond donors (Lipinski definition) is 2. The second-order valence-corrected chi connectivity index (χ2v) is 6.79. The number of hydrogen-bond acceptors (Lipinski definition) is 6. The second-order valence-electron chi connectivity index (χ2n) is 6.79. The van der Waals surface area contributed by atoms with Gasteiger partial charge in [-0.15, -0.1) is 0 Å². The van der Waals surface area contributed by atoms with Crippen molar-refractivity contribution in [1.82, 2.24) is 15.5 Å². The number of unbranched alkanes of at least 4 members (excludes halogenated alkanes) is 2. The number of fused-ring (bicyclic) bond motifs is 1. The Labute approximate surface area is 161 Å². The maximum absolute atomic E-state index is 12.8. The van der Waals surface area contributed by atoms with Crippen molar-refractivity contribution in [3.8, 4) is 11.3 Å². The smallest absolute Gasteiger partial charge is 0.303 e. The number of pyridine rings is 1. The average molecular weight is 385 g/mol. The summed E-state index contributed by atoms with van der Waals surface area (Å²) >= 11 is 0. The van der Waals surface area contributed by atoms with Gasteiger partial charge in [0.1, 0.15) is 11.5 Å². The van der Waals surface area contributed by atoms with Crippen molar-refractivity contribution in [2.45, 2.75) is 46.5 Å². The maximum Gasteiger partial charge on any atom is 0.303 e. The van der Waals surface area contributed by atoms with Gasteiger partial charge in [0, 0.05) is 18.5 Å². The van der Waals surface area contributed by atoms with Crippen molar-refractivity contribution >= 4 is 23.0 Å². The van der Waals surface area contributed by atoms with Crippen LogP contribution in [0.25, 0.3) is 22.4 Å². The van der Waals surface area contributed by atoms with Crippen molar-refractivity contribution in [3.05, 3.63) is 34.9 Å². The Kier molecular flexibility index (Phi) is 5.77. The van der Waals surface area contributed by atoms with E-state index in [-0.39, 0.29) is 12.3 Å². The molecule has 0 spiro atoms. The van der Waals surface area contributed by atoms with E-state index in [4.69, 9.17) is 14.0 Å². The summed E-state index contributed by atoms with van der Waals surface area (Å²) in [5, 5.41) is 16.1. The molecule has 148 valence electrons. The minimum absolute atomic E-state index is 0.144. The van der Waals surface area contributed by atoms with Gasteiger partial charge in [0.2, 0.25) is 0 Å². The zero-order chi connectivity index (χ0) is 20.3. The Morgan fingerprint density at radius 3 is 2.61 bits per heavy atom. The average Bonchev–Trinajstić information content (AvgIpc) is 3.18. The molecule has 1 amide bonds. The molecule has 8 nitrogen and oxygen atoms in total. The molecule has 3 aromatic heterocycles. The summed E-state index contributed by atoms with van der Waals surface area (Å²) in [7, 11) is 0. The Morgan fingerprint density at radius 1 is 1.14 bits per heavy atom.